The number of aromatic nitrogens is 2. The summed E-state index contributed by atoms with van der Waals surface area (Å²) in [5.74, 6) is -0.194. The average Bonchev–Trinajstić information content (AvgIpc) is 2.77. The van der Waals surface area contributed by atoms with E-state index in [2.05, 4.69) is 15.8 Å². The number of carbonyl (C=O) groups excluding carboxylic acids is 1. The molecule has 0 radical (unpaired) electrons. The Kier molecular flexibility index (Phi) is 3.52. The smallest absolute Gasteiger partial charge is 0.283 e. The number of hydrazine groups is 1. The van der Waals surface area contributed by atoms with Gasteiger partial charge in [0, 0.05) is 13.6 Å². The molecule has 0 atom stereocenters. The summed E-state index contributed by atoms with van der Waals surface area (Å²) in [6, 6.07) is 9.85. The molecule has 1 aromatic carbocycles. The molecule has 1 heterocycles. The van der Waals surface area contributed by atoms with Crippen molar-refractivity contribution in [3.63, 3.8) is 0 Å². The highest BCUT2D eigenvalue weighted by molar-refractivity contribution is 5.91. The number of aryl methyl sites for hydroxylation is 1. The Morgan fingerprint density at radius 1 is 1.35 bits per heavy atom. The molecule has 1 aromatic heterocycles. The van der Waals surface area contributed by atoms with Gasteiger partial charge in [-0.25, -0.2) is 10.4 Å². The Morgan fingerprint density at radius 3 is 2.76 bits per heavy atom. The first-order valence-corrected chi connectivity index (χ1v) is 5.31. The van der Waals surface area contributed by atoms with Crippen molar-refractivity contribution in [3.05, 3.63) is 54.1 Å². The molecule has 2 aromatic rings. The van der Waals surface area contributed by atoms with Gasteiger partial charge < -0.3 is 4.57 Å². The second kappa shape index (κ2) is 5.27. The zero-order chi connectivity index (χ0) is 12.1. The fraction of sp³-hybridized carbons (Fsp3) is 0.167. The highest BCUT2D eigenvalue weighted by atomic mass is 16.2. The van der Waals surface area contributed by atoms with Crippen LogP contribution < -0.4 is 10.9 Å². The van der Waals surface area contributed by atoms with Crippen molar-refractivity contribution in [2.45, 2.75) is 6.54 Å². The minimum Gasteiger partial charge on any atom is -0.330 e. The number of rotatable bonds is 4. The molecule has 0 bridgehead atoms. The van der Waals surface area contributed by atoms with Crippen LogP contribution in [0.25, 0.3) is 0 Å². The molecule has 0 spiro atoms. The fourth-order valence-electron chi connectivity index (χ4n) is 1.46. The standard InChI is InChI=1S/C12H14N4O/c1-16-9-13-8-11(16)12(17)15-14-7-10-5-3-2-4-6-10/h2-6,8-9,14H,7H2,1H3,(H,15,17). The quantitative estimate of drug-likeness (QED) is 0.766. The van der Waals surface area contributed by atoms with Crippen molar-refractivity contribution in [2.24, 2.45) is 7.05 Å². The van der Waals surface area contributed by atoms with Gasteiger partial charge in [-0.1, -0.05) is 30.3 Å². The molecule has 2 N–H and O–H groups in total. The summed E-state index contributed by atoms with van der Waals surface area (Å²) in [5, 5.41) is 0. The summed E-state index contributed by atoms with van der Waals surface area (Å²) in [5.41, 5.74) is 7.13. The molecular weight excluding hydrogens is 216 g/mol. The van der Waals surface area contributed by atoms with E-state index >= 15 is 0 Å². The number of carbonyl (C=O) groups is 1. The monoisotopic (exact) mass is 230 g/mol. The Bertz CT molecular complexity index is 492. The van der Waals surface area contributed by atoms with Crippen molar-refractivity contribution in [3.8, 4) is 0 Å². The van der Waals surface area contributed by atoms with E-state index in [1.165, 1.54) is 6.20 Å². The van der Waals surface area contributed by atoms with E-state index in [-0.39, 0.29) is 5.91 Å². The minimum atomic E-state index is -0.194. The lowest BCUT2D eigenvalue weighted by Crippen LogP contribution is -2.37. The van der Waals surface area contributed by atoms with Gasteiger partial charge in [-0.2, -0.15) is 0 Å². The molecule has 0 aliphatic heterocycles. The summed E-state index contributed by atoms with van der Waals surface area (Å²) in [7, 11) is 1.78. The van der Waals surface area contributed by atoms with Crippen LogP contribution >= 0.6 is 0 Å². The van der Waals surface area contributed by atoms with Gasteiger partial charge in [-0.05, 0) is 5.56 Å². The third-order valence-corrected chi connectivity index (χ3v) is 2.39. The molecule has 2 rings (SSSR count). The number of hydrogen-bond donors (Lipinski definition) is 2. The number of benzene rings is 1. The first kappa shape index (κ1) is 11.3. The Balaban J connectivity index is 1.84. The largest absolute Gasteiger partial charge is 0.330 e. The Labute approximate surface area is 99.5 Å². The third-order valence-electron chi connectivity index (χ3n) is 2.39. The van der Waals surface area contributed by atoms with Crippen LogP contribution in [-0.4, -0.2) is 15.5 Å². The van der Waals surface area contributed by atoms with Crippen LogP contribution in [0.4, 0.5) is 0 Å². The van der Waals surface area contributed by atoms with Gasteiger partial charge >= 0.3 is 0 Å². The van der Waals surface area contributed by atoms with E-state index < -0.39 is 0 Å². The second-order valence-corrected chi connectivity index (χ2v) is 3.68. The number of hydrogen-bond acceptors (Lipinski definition) is 3. The van der Waals surface area contributed by atoms with E-state index in [1.807, 2.05) is 30.3 Å². The van der Waals surface area contributed by atoms with Gasteiger partial charge in [0.1, 0.15) is 5.69 Å². The van der Waals surface area contributed by atoms with Crippen LogP contribution in [0, 0.1) is 0 Å². The van der Waals surface area contributed by atoms with Crippen LogP contribution in [0.3, 0.4) is 0 Å². The molecule has 0 aliphatic carbocycles. The van der Waals surface area contributed by atoms with Gasteiger partial charge in [0.05, 0.1) is 12.5 Å². The number of nitrogens with one attached hydrogen (secondary N) is 2. The molecule has 1 amide bonds. The van der Waals surface area contributed by atoms with Gasteiger partial charge in [0.2, 0.25) is 0 Å². The van der Waals surface area contributed by atoms with Crippen molar-refractivity contribution in [2.75, 3.05) is 0 Å². The van der Waals surface area contributed by atoms with E-state index in [0.29, 0.717) is 12.2 Å². The highest BCUT2D eigenvalue weighted by Crippen LogP contribution is 1.97. The van der Waals surface area contributed by atoms with Crippen LogP contribution in [0.5, 0.6) is 0 Å². The molecular formula is C12H14N4O. The summed E-state index contributed by atoms with van der Waals surface area (Å²) >= 11 is 0. The van der Waals surface area contributed by atoms with Crippen molar-refractivity contribution < 1.29 is 4.79 Å². The molecule has 17 heavy (non-hydrogen) atoms. The van der Waals surface area contributed by atoms with Crippen LogP contribution in [0.1, 0.15) is 16.1 Å². The molecule has 0 unspecified atom stereocenters. The van der Waals surface area contributed by atoms with Gasteiger partial charge in [0.15, 0.2) is 0 Å². The topological polar surface area (TPSA) is 59.0 Å². The summed E-state index contributed by atoms with van der Waals surface area (Å²) < 4.78 is 1.67. The van der Waals surface area contributed by atoms with Crippen LogP contribution in [0.2, 0.25) is 0 Å². The summed E-state index contributed by atoms with van der Waals surface area (Å²) in [6.45, 7) is 0.588. The fourth-order valence-corrected chi connectivity index (χ4v) is 1.46. The molecule has 0 saturated heterocycles. The summed E-state index contributed by atoms with van der Waals surface area (Å²) in [6.07, 6.45) is 3.12. The lowest BCUT2D eigenvalue weighted by atomic mass is 10.2. The molecule has 5 heteroatoms. The van der Waals surface area contributed by atoms with Crippen molar-refractivity contribution in [1.29, 1.82) is 0 Å². The van der Waals surface area contributed by atoms with Crippen LogP contribution in [0.15, 0.2) is 42.9 Å². The minimum absolute atomic E-state index is 0.194. The Morgan fingerprint density at radius 2 is 2.12 bits per heavy atom. The normalized spacial score (nSPS) is 10.2. The second-order valence-electron chi connectivity index (χ2n) is 3.68. The number of imidazole rings is 1. The predicted octanol–water partition coefficient (Wildman–Crippen LogP) is 0.855. The maximum Gasteiger partial charge on any atom is 0.283 e. The number of amides is 1. The van der Waals surface area contributed by atoms with Crippen LogP contribution in [-0.2, 0) is 13.6 Å². The van der Waals surface area contributed by atoms with Gasteiger partial charge in [-0.3, -0.25) is 10.2 Å². The predicted molar refractivity (Wildman–Crippen MR) is 64.0 cm³/mol. The van der Waals surface area contributed by atoms with E-state index in [4.69, 9.17) is 0 Å². The highest BCUT2D eigenvalue weighted by Gasteiger charge is 2.08. The molecule has 0 saturated carbocycles. The molecule has 88 valence electrons. The zero-order valence-electron chi connectivity index (χ0n) is 9.55. The Hall–Kier alpha value is -2.14. The summed E-state index contributed by atoms with van der Waals surface area (Å²) in [4.78, 5) is 15.6. The first-order chi connectivity index (χ1) is 8.27. The maximum absolute atomic E-state index is 11.7. The zero-order valence-corrected chi connectivity index (χ0v) is 9.55. The molecule has 5 nitrogen and oxygen atoms in total. The first-order valence-electron chi connectivity index (χ1n) is 5.31. The van der Waals surface area contributed by atoms with Crippen molar-refractivity contribution in [1.82, 2.24) is 20.4 Å². The van der Waals surface area contributed by atoms with E-state index in [1.54, 1.807) is 17.9 Å². The van der Waals surface area contributed by atoms with Gasteiger partial charge in [0.25, 0.3) is 5.91 Å². The lowest BCUT2D eigenvalue weighted by molar-refractivity contribution is 0.0924. The van der Waals surface area contributed by atoms with Crippen molar-refractivity contribution >= 4 is 5.91 Å². The average molecular weight is 230 g/mol. The van der Waals surface area contributed by atoms with E-state index in [9.17, 15) is 4.79 Å². The SMILES string of the molecule is Cn1cncc1C(=O)NNCc1ccccc1. The third kappa shape index (κ3) is 2.92. The van der Waals surface area contributed by atoms with E-state index in [0.717, 1.165) is 5.56 Å². The molecule has 0 aliphatic rings. The van der Waals surface area contributed by atoms with Gasteiger partial charge in [-0.15, -0.1) is 0 Å². The maximum atomic E-state index is 11.7. The molecule has 0 fully saturated rings. The lowest BCUT2D eigenvalue weighted by Gasteiger charge is -2.07. The number of nitrogens with zero attached hydrogens (tertiary/aromatic N) is 2.